The minimum atomic E-state index is -0.384. The zero-order valence-electron chi connectivity index (χ0n) is 10.1. The van der Waals surface area contributed by atoms with Gasteiger partial charge in [-0.3, -0.25) is 0 Å². The monoisotopic (exact) mass is 253 g/mol. The fourth-order valence-electron chi connectivity index (χ4n) is 1.95. The van der Waals surface area contributed by atoms with Crippen molar-refractivity contribution < 1.29 is 13.9 Å². The molecule has 0 radical (unpaired) electrons. The summed E-state index contributed by atoms with van der Waals surface area (Å²) >= 11 is 0. The van der Waals surface area contributed by atoms with Crippen LogP contribution in [-0.4, -0.2) is 38.4 Å². The van der Waals surface area contributed by atoms with Gasteiger partial charge in [0.05, 0.1) is 12.1 Å². The molecule has 1 aromatic carbocycles. The van der Waals surface area contributed by atoms with Crippen LogP contribution >= 0.6 is 0 Å². The molecular formula is C12H16FN3O2. The van der Waals surface area contributed by atoms with Gasteiger partial charge in [0.25, 0.3) is 0 Å². The van der Waals surface area contributed by atoms with Gasteiger partial charge < -0.3 is 20.7 Å². The number of urea groups is 1. The van der Waals surface area contributed by atoms with Crippen molar-refractivity contribution in [1.82, 2.24) is 10.6 Å². The lowest BCUT2D eigenvalue weighted by Gasteiger charge is -2.18. The van der Waals surface area contributed by atoms with Crippen molar-refractivity contribution in [2.75, 3.05) is 25.5 Å². The molecule has 98 valence electrons. The Morgan fingerprint density at radius 2 is 2.33 bits per heavy atom. The second-order valence-corrected chi connectivity index (χ2v) is 4.15. The maximum Gasteiger partial charge on any atom is 0.319 e. The van der Waals surface area contributed by atoms with Gasteiger partial charge in [0, 0.05) is 25.9 Å². The highest BCUT2D eigenvalue weighted by Gasteiger charge is 2.28. The standard InChI is InChI=1S/C12H16FN3O2/c1-18-11-7-14-6-10(11)16-12(17)15-9-4-2-3-8(13)5-9/h2-5,10-11,14H,6-7H2,1H3,(H2,15,16,17)/t10?,11-/m0/s1. The van der Waals surface area contributed by atoms with Gasteiger partial charge in [0.15, 0.2) is 0 Å². The van der Waals surface area contributed by atoms with Crippen LogP contribution in [0.5, 0.6) is 0 Å². The van der Waals surface area contributed by atoms with Crippen LogP contribution in [0.25, 0.3) is 0 Å². The number of benzene rings is 1. The van der Waals surface area contributed by atoms with Crippen LogP contribution < -0.4 is 16.0 Å². The van der Waals surface area contributed by atoms with E-state index in [0.29, 0.717) is 18.8 Å². The lowest BCUT2D eigenvalue weighted by Crippen LogP contribution is -2.45. The number of rotatable bonds is 3. The smallest absolute Gasteiger partial charge is 0.319 e. The van der Waals surface area contributed by atoms with E-state index in [1.54, 1.807) is 19.2 Å². The van der Waals surface area contributed by atoms with E-state index >= 15 is 0 Å². The molecule has 18 heavy (non-hydrogen) atoms. The first kappa shape index (κ1) is 12.8. The number of hydrogen-bond acceptors (Lipinski definition) is 3. The van der Waals surface area contributed by atoms with Gasteiger partial charge >= 0.3 is 6.03 Å². The Morgan fingerprint density at radius 1 is 1.50 bits per heavy atom. The van der Waals surface area contributed by atoms with Crippen LogP contribution in [-0.2, 0) is 4.74 Å². The van der Waals surface area contributed by atoms with E-state index in [2.05, 4.69) is 16.0 Å². The van der Waals surface area contributed by atoms with Gasteiger partial charge in [-0.25, -0.2) is 9.18 Å². The largest absolute Gasteiger partial charge is 0.378 e. The molecule has 3 N–H and O–H groups in total. The summed E-state index contributed by atoms with van der Waals surface area (Å²) in [6.07, 6.45) is -0.0386. The van der Waals surface area contributed by atoms with Crippen molar-refractivity contribution in [2.24, 2.45) is 0 Å². The maximum atomic E-state index is 12.9. The molecule has 1 saturated heterocycles. The lowest BCUT2D eigenvalue weighted by atomic mass is 10.2. The Hall–Kier alpha value is -1.66. The number of halogens is 1. The molecule has 0 saturated carbocycles. The third-order valence-corrected chi connectivity index (χ3v) is 2.86. The zero-order chi connectivity index (χ0) is 13.0. The number of carbonyl (C=O) groups is 1. The molecule has 1 heterocycles. The van der Waals surface area contributed by atoms with E-state index in [1.165, 1.54) is 12.1 Å². The molecule has 6 heteroatoms. The first-order chi connectivity index (χ1) is 8.69. The highest BCUT2D eigenvalue weighted by molar-refractivity contribution is 5.89. The van der Waals surface area contributed by atoms with Crippen molar-refractivity contribution in [1.29, 1.82) is 0 Å². The summed E-state index contributed by atoms with van der Waals surface area (Å²) in [4.78, 5) is 11.7. The Bertz CT molecular complexity index is 428. The SMILES string of the molecule is CO[C@H]1CNCC1NC(=O)Nc1cccc(F)c1. The number of hydrogen-bond donors (Lipinski definition) is 3. The van der Waals surface area contributed by atoms with Crippen molar-refractivity contribution in [3.05, 3.63) is 30.1 Å². The van der Waals surface area contributed by atoms with Crippen molar-refractivity contribution in [3.63, 3.8) is 0 Å². The van der Waals surface area contributed by atoms with Gasteiger partial charge in [-0.05, 0) is 18.2 Å². The molecule has 1 aromatic rings. The number of methoxy groups -OCH3 is 1. The van der Waals surface area contributed by atoms with Crippen LogP contribution in [0.15, 0.2) is 24.3 Å². The van der Waals surface area contributed by atoms with E-state index < -0.39 is 0 Å². The Kier molecular flexibility index (Phi) is 4.11. The molecular weight excluding hydrogens is 237 g/mol. The van der Waals surface area contributed by atoms with E-state index in [0.717, 1.165) is 0 Å². The zero-order valence-corrected chi connectivity index (χ0v) is 10.1. The van der Waals surface area contributed by atoms with Gasteiger partial charge in [0.1, 0.15) is 5.82 Å². The molecule has 0 aromatic heterocycles. The molecule has 1 fully saturated rings. The van der Waals surface area contributed by atoms with Crippen molar-refractivity contribution >= 4 is 11.7 Å². The van der Waals surface area contributed by atoms with Crippen LogP contribution in [0.2, 0.25) is 0 Å². The molecule has 2 rings (SSSR count). The molecule has 1 aliphatic rings. The Morgan fingerprint density at radius 3 is 3.06 bits per heavy atom. The van der Waals surface area contributed by atoms with Crippen molar-refractivity contribution in [2.45, 2.75) is 12.1 Å². The molecule has 2 atom stereocenters. The van der Waals surface area contributed by atoms with Crippen LogP contribution in [0, 0.1) is 5.82 Å². The van der Waals surface area contributed by atoms with Gasteiger partial charge in [-0.2, -0.15) is 0 Å². The van der Waals surface area contributed by atoms with Crippen LogP contribution in [0.1, 0.15) is 0 Å². The number of nitrogens with one attached hydrogen (secondary N) is 3. The summed E-state index contributed by atoms with van der Waals surface area (Å²) in [6.45, 7) is 1.37. The van der Waals surface area contributed by atoms with E-state index in [1.807, 2.05) is 0 Å². The minimum Gasteiger partial charge on any atom is -0.378 e. The van der Waals surface area contributed by atoms with E-state index in [9.17, 15) is 9.18 Å². The number of ether oxygens (including phenoxy) is 1. The summed E-state index contributed by atoms with van der Waals surface area (Å²) in [5.41, 5.74) is 0.424. The van der Waals surface area contributed by atoms with Crippen LogP contribution in [0.3, 0.4) is 0 Å². The number of carbonyl (C=O) groups excluding carboxylic acids is 1. The third-order valence-electron chi connectivity index (χ3n) is 2.86. The van der Waals surface area contributed by atoms with E-state index in [-0.39, 0.29) is 24.0 Å². The lowest BCUT2D eigenvalue weighted by molar-refractivity contribution is 0.0991. The fourth-order valence-corrected chi connectivity index (χ4v) is 1.95. The molecule has 5 nitrogen and oxygen atoms in total. The van der Waals surface area contributed by atoms with Gasteiger partial charge in [-0.1, -0.05) is 6.07 Å². The molecule has 0 spiro atoms. The minimum absolute atomic E-state index is 0.0386. The molecule has 1 aliphatic heterocycles. The predicted molar refractivity (Wildman–Crippen MR) is 66.0 cm³/mol. The average Bonchev–Trinajstić information content (AvgIpc) is 2.76. The van der Waals surface area contributed by atoms with E-state index in [4.69, 9.17) is 4.74 Å². The Labute approximate surface area is 105 Å². The quantitative estimate of drug-likeness (QED) is 0.751. The normalized spacial score (nSPS) is 22.8. The number of anilines is 1. The summed E-state index contributed by atoms with van der Waals surface area (Å²) in [6, 6.07) is 5.31. The topological polar surface area (TPSA) is 62.4 Å². The third kappa shape index (κ3) is 3.18. The molecule has 2 amide bonds. The fraction of sp³-hybridized carbons (Fsp3) is 0.417. The summed E-state index contributed by atoms with van der Waals surface area (Å²) in [7, 11) is 1.61. The summed E-state index contributed by atoms with van der Waals surface area (Å²) < 4.78 is 18.2. The molecule has 1 unspecified atom stereocenters. The molecule has 0 bridgehead atoms. The second-order valence-electron chi connectivity index (χ2n) is 4.15. The second kappa shape index (κ2) is 5.79. The van der Waals surface area contributed by atoms with Crippen molar-refractivity contribution in [3.8, 4) is 0 Å². The van der Waals surface area contributed by atoms with Crippen LogP contribution in [0.4, 0.5) is 14.9 Å². The summed E-state index contributed by atoms with van der Waals surface area (Å²) in [5.74, 6) is -0.384. The Balaban J connectivity index is 1.89. The summed E-state index contributed by atoms with van der Waals surface area (Å²) in [5, 5.41) is 8.49. The highest BCUT2D eigenvalue weighted by atomic mass is 19.1. The highest BCUT2D eigenvalue weighted by Crippen LogP contribution is 2.09. The molecule has 0 aliphatic carbocycles. The predicted octanol–water partition coefficient (Wildman–Crippen LogP) is 0.934. The number of amides is 2. The first-order valence-corrected chi connectivity index (χ1v) is 5.75. The maximum absolute atomic E-state index is 12.9. The average molecular weight is 253 g/mol. The first-order valence-electron chi connectivity index (χ1n) is 5.75. The van der Waals surface area contributed by atoms with Gasteiger partial charge in [0.2, 0.25) is 0 Å². The van der Waals surface area contributed by atoms with Gasteiger partial charge in [-0.15, -0.1) is 0 Å².